The molecule has 1 heteroatoms. The lowest BCUT2D eigenvalue weighted by Gasteiger charge is -2.27. The highest BCUT2D eigenvalue weighted by Crippen LogP contribution is 2.38. The maximum absolute atomic E-state index is 5.92. The zero-order valence-corrected chi connectivity index (χ0v) is 17.4. The van der Waals surface area contributed by atoms with Crippen LogP contribution in [-0.2, 0) is 0 Å². The smallest absolute Gasteiger partial charge is 0.00152 e. The molecule has 0 radical (unpaired) electrons. The lowest BCUT2D eigenvalue weighted by Crippen LogP contribution is -2.11. The minimum absolute atomic E-state index is 0.478. The Morgan fingerprint density at radius 3 is 2.52 bits per heavy atom. The Balaban J connectivity index is 3.70. The van der Waals surface area contributed by atoms with Crippen molar-refractivity contribution in [2.24, 2.45) is 17.6 Å². The zero-order chi connectivity index (χ0) is 19.0. The molecule has 1 aliphatic carbocycles. The van der Waals surface area contributed by atoms with Gasteiger partial charge < -0.3 is 5.73 Å². The van der Waals surface area contributed by atoms with Crippen molar-refractivity contribution in [3.05, 3.63) is 58.4 Å². The van der Waals surface area contributed by atoms with Crippen LogP contribution in [0.4, 0.5) is 0 Å². The molecule has 0 saturated carbocycles. The maximum Gasteiger partial charge on any atom is -0.00152 e. The summed E-state index contributed by atoms with van der Waals surface area (Å²) >= 11 is 0. The highest BCUT2D eigenvalue weighted by atomic mass is 14.5. The van der Waals surface area contributed by atoms with Crippen LogP contribution < -0.4 is 5.73 Å². The second-order valence-electron chi connectivity index (χ2n) is 7.57. The molecular weight excluding hydrogens is 302 g/mol. The largest absolute Gasteiger partial charge is 0.405 e. The molecule has 0 aromatic carbocycles. The summed E-state index contributed by atoms with van der Waals surface area (Å²) in [6, 6.07) is 0. The Morgan fingerprint density at radius 1 is 1.36 bits per heavy atom. The van der Waals surface area contributed by atoms with Crippen molar-refractivity contribution >= 4 is 0 Å². The van der Waals surface area contributed by atoms with E-state index in [1.54, 1.807) is 5.57 Å². The average Bonchev–Trinajstić information content (AvgIpc) is 2.60. The summed E-state index contributed by atoms with van der Waals surface area (Å²) in [6.45, 7) is 18.0. The van der Waals surface area contributed by atoms with Gasteiger partial charge in [-0.05, 0) is 74.6 Å². The number of allylic oxidation sites excluding steroid dienone is 8. The fourth-order valence-corrected chi connectivity index (χ4v) is 3.95. The van der Waals surface area contributed by atoms with Gasteiger partial charge in [0.2, 0.25) is 0 Å². The summed E-state index contributed by atoms with van der Waals surface area (Å²) in [7, 11) is 0. The van der Waals surface area contributed by atoms with Crippen LogP contribution in [0.15, 0.2) is 58.4 Å². The Hall–Kier alpha value is -1.50. The molecule has 0 saturated heterocycles. The number of nitrogens with two attached hydrogens (primary N) is 1. The highest BCUT2D eigenvalue weighted by Gasteiger charge is 2.21. The lowest BCUT2D eigenvalue weighted by atomic mass is 9.78. The van der Waals surface area contributed by atoms with Crippen molar-refractivity contribution in [3.8, 4) is 0 Å². The quantitative estimate of drug-likeness (QED) is 0.506. The van der Waals surface area contributed by atoms with Gasteiger partial charge in [0.15, 0.2) is 0 Å². The summed E-state index contributed by atoms with van der Waals surface area (Å²) in [6.07, 6.45) is 13.0. The molecule has 1 unspecified atom stereocenters. The molecule has 0 aromatic heterocycles. The predicted molar refractivity (Wildman–Crippen MR) is 113 cm³/mol. The van der Waals surface area contributed by atoms with E-state index in [1.807, 2.05) is 6.20 Å². The molecule has 0 bridgehead atoms. The molecule has 25 heavy (non-hydrogen) atoms. The first-order valence-corrected chi connectivity index (χ1v) is 10.0. The van der Waals surface area contributed by atoms with Gasteiger partial charge in [-0.25, -0.2) is 0 Å². The van der Waals surface area contributed by atoms with Crippen molar-refractivity contribution in [1.29, 1.82) is 0 Å². The van der Waals surface area contributed by atoms with Gasteiger partial charge in [-0.2, -0.15) is 0 Å². The normalized spacial score (nSPS) is 22.9. The molecule has 1 nitrogen and oxygen atoms in total. The van der Waals surface area contributed by atoms with Crippen molar-refractivity contribution in [3.63, 3.8) is 0 Å². The molecule has 0 aromatic rings. The first-order valence-electron chi connectivity index (χ1n) is 10.0. The Kier molecular flexibility index (Phi) is 9.03. The van der Waals surface area contributed by atoms with Crippen molar-refractivity contribution < 1.29 is 0 Å². The van der Waals surface area contributed by atoms with Crippen molar-refractivity contribution in [1.82, 2.24) is 0 Å². The molecule has 0 heterocycles. The average molecular weight is 342 g/mol. The molecule has 140 valence electrons. The van der Waals surface area contributed by atoms with Gasteiger partial charge in [0.05, 0.1) is 0 Å². The van der Waals surface area contributed by atoms with E-state index in [0.717, 1.165) is 19.3 Å². The Labute approximate surface area is 156 Å². The zero-order valence-electron chi connectivity index (χ0n) is 17.4. The van der Waals surface area contributed by atoms with E-state index in [9.17, 15) is 0 Å². The van der Waals surface area contributed by atoms with Crippen LogP contribution >= 0.6 is 0 Å². The van der Waals surface area contributed by atoms with Gasteiger partial charge in [0.25, 0.3) is 0 Å². The van der Waals surface area contributed by atoms with Gasteiger partial charge in [-0.1, -0.05) is 75.6 Å². The fourth-order valence-electron chi connectivity index (χ4n) is 3.95. The van der Waals surface area contributed by atoms with E-state index in [0.29, 0.717) is 11.8 Å². The van der Waals surface area contributed by atoms with E-state index in [1.165, 1.54) is 47.1 Å². The Morgan fingerprint density at radius 2 is 2.04 bits per heavy atom. The van der Waals surface area contributed by atoms with Crippen molar-refractivity contribution in [2.75, 3.05) is 0 Å². The molecule has 0 amide bonds. The van der Waals surface area contributed by atoms with Gasteiger partial charge in [-0.15, -0.1) is 0 Å². The fraction of sp³-hybridized carbons (Fsp3) is 0.583. The minimum Gasteiger partial charge on any atom is -0.405 e. The van der Waals surface area contributed by atoms with E-state index in [-0.39, 0.29) is 0 Å². The van der Waals surface area contributed by atoms with E-state index < -0.39 is 0 Å². The van der Waals surface area contributed by atoms with Crippen LogP contribution in [0.3, 0.4) is 0 Å². The second kappa shape index (κ2) is 10.5. The third-order valence-electron chi connectivity index (χ3n) is 5.76. The summed E-state index contributed by atoms with van der Waals surface area (Å²) in [5, 5.41) is 0. The van der Waals surface area contributed by atoms with Gasteiger partial charge in [0, 0.05) is 0 Å². The topological polar surface area (TPSA) is 26.0 Å². The van der Waals surface area contributed by atoms with Gasteiger partial charge in [-0.3, -0.25) is 0 Å². The first-order chi connectivity index (χ1) is 11.9. The van der Waals surface area contributed by atoms with Crippen LogP contribution in [0.2, 0.25) is 0 Å². The third kappa shape index (κ3) is 5.49. The SMILES string of the molecule is C=CC1=C(CC)C(C)/C(C)=C\CCCC(C(C)C)=C1C/C(=C\N)CC. The van der Waals surface area contributed by atoms with Crippen molar-refractivity contribution in [2.45, 2.75) is 80.1 Å². The third-order valence-corrected chi connectivity index (χ3v) is 5.76. The van der Waals surface area contributed by atoms with Gasteiger partial charge in [0.1, 0.15) is 0 Å². The second-order valence-corrected chi connectivity index (χ2v) is 7.57. The first kappa shape index (κ1) is 21.5. The van der Waals surface area contributed by atoms with Crippen LogP contribution in [-0.4, -0.2) is 0 Å². The molecule has 2 N–H and O–H groups in total. The number of hydrogen-bond acceptors (Lipinski definition) is 1. The van der Waals surface area contributed by atoms with Crippen LogP contribution in [0.25, 0.3) is 0 Å². The predicted octanol–water partition coefficient (Wildman–Crippen LogP) is 7.24. The number of hydrogen-bond donors (Lipinski definition) is 1. The monoisotopic (exact) mass is 341 g/mol. The van der Waals surface area contributed by atoms with E-state index in [2.05, 4.69) is 60.3 Å². The van der Waals surface area contributed by atoms with E-state index >= 15 is 0 Å². The lowest BCUT2D eigenvalue weighted by molar-refractivity contribution is 0.659. The number of rotatable bonds is 6. The summed E-state index contributed by atoms with van der Waals surface area (Å²) in [4.78, 5) is 0. The molecular formula is C24H39N. The van der Waals surface area contributed by atoms with Crippen LogP contribution in [0.5, 0.6) is 0 Å². The summed E-state index contributed by atoms with van der Waals surface area (Å²) in [5.74, 6) is 1.03. The minimum atomic E-state index is 0.478. The highest BCUT2D eigenvalue weighted by molar-refractivity contribution is 5.49. The van der Waals surface area contributed by atoms with Gasteiger partial charge >= 0.3 is 0 Å². The van der Waals surface area contributed by atoms with Crippen LogP contribution in [0.1, 0.15) is 80.1 Å². The molecule has 0 aliphatic heterocycles. The standard InChI is InChI=1S/C24H39N/c1-8-20(16-25)15-24-22(10-3)21(9-2)19(7)18(6)13-11-12-14-23(24)17(4)5/h10,13,16-17,19H,3,8-9,11-12,14-15,25H2,1-2,4-7H3/b18-13-,20-16-,22-21?,24-23?. The Bertz CT molecular complexity index is 581. The summed E-state index contributed by atoms with van der Waals surface area (Å²) in [5.41, 5.74) is 14.7. The molecule has 0 spiro atoms. The molecule has 1 rings (SSSR count). The maximum atomic E-state index is 5.92. The molecule has 1 aliphatic rings. The van der Waals surface area contributed by atoms with E-state index in [4.69, 9.17) is 5.73 Å². The summed E-state index contributed by atoms with van der Waals surface area (Å²) < 4.78 is 0. The van der Waals surface area contributed by atoms with Crippen LogP contribution in [0, 0.1) is 11.8 Å². The molecule has 0 fully saturated rings. The molecule has 1 atom stereocenters.